The summed E-state index contributed by atoms with van der Waals surface area (Å²) in [5.41, 5.74) is 7.05. The highest BCUT2D eigenvalue weighted by Crippen LogP contribution is 2.61. The first-order valence-corrected chi connectivity index (χ1v) is 18.6. The molecule has 4 aliphatic heterocycles. The number of amides is 2. The van der Waals surface area contributed by atoms with Gasteiger partial charge in [0.05, 0.1) is 0 Å². The number of halogens is 1. The molecule has 5 atom stereocenters. The van der Waals surface area contributed by atoms with Gasteiger partial charge >= 0.3 is 0 Å². The predicted octanol–water partition coefficient (Wildman–Crippen LogP) is 6.77. The van der Waals surface area contributed by atoms with E-state index < -0.39 is 41.6 Å². The van der Waals surface area contributed by atoms with Gasteiger partial charge in [-0.1, -0.05) is 81.8 Å². The number of carbonyl (C=O) groups excluding carboxylic acids is 2. The number of aliphatic hydroxyl groups excluding tert-OH is 1. The molecule has 0 saturated carbocycles. The van der Waals surface area contributed by atoms with Crippen molar-refractivity contribution in [1.29, 1.82) is 0 Å². The van der Waals surface area contributed by atoms with Gasteiger partial charge in [0.25, 0.3) is 5.89 Å². The number of anilines is 1. The zero-order valence-electron chi connectivity index (χ0n) is 30.1. The number of aromatic amines is 1. The first-order valence-electron chi connectivity index (χ1n) is 18.2. The lowest BCUT2D eigenvalue weighted by Gasteiger charge is -2.29. The molecule has 13 heteroatoms. The van der Waals surface area contributed by atoms with E-state index in [-0.39, 0.29) is 35.2 Å². The van der Waals surface area contributed by atoms with Crippen LogP contribution in [0.1, 0.15) is 67.8 Å². The van der Waals surface area contributed by atoms with Gasteiger partial charge in [0, 0.05) is 51.0 Å². The van der Waals surface area contributed by atoms with Crippen molar-refractivity contribution in [3.63, 3.8) is 0 Å². The van der Waals surface area contributed by atoms with E-state index in [0.717, 1.165) is 55.7 Å². The minimum absolute atomic E-state index is 0.150. The van der Waals surface area contributed by atoms with Crippen LogP contribution in [0.4, 0.5) is 5.69 Å². The minimum atomic E-state index is -1.29. The van der Waals surface area contributed by atoms with Crippen LogP contribution in [0.2, 0.25) is 5.15 Å². The van der Waals surface area contributed by atoms with E-state index in [1.807, 2.05) is 57.2 Å². The van der Waals surface area contributed by atoms with Crippen molar-refractivity contribution < 1.29 is 28.3 Å². The average Bonchev–Trinajstić information content (AvgIpc) is 3.94. The Hall–Kier alpha value is -5.59. The summed E-state index contributed by atoms with van der Waals surface area (Å²) >= 11 is 7.00. The summed E-state index contributed by atoms with van der Waals surface area (Å²) in [5.74, 6) is 0.219. The number of nitrogens with one attached hydrogen (secondary N) is 4. The Morgan fingerprint density at radius 2 is 1.81 bits per heavy atom. The molecule has 54 heavy (non-hydrogen) atoms. The lowest BCUT2D eigenvalue weighted by molar-refractivity contribution is -0.135. The van der Waals surface area contributed by atoms with Crippen LogP contribution in [-0.4, -0.2) is 50.2 Å². The van der Waals surface area contributed by atoms with Gasteiger partial charge in [-0.2, -0.15) is 4.98 Å². The number of hydrogen-bond acceptors (Lipinski definition) is 9. The maximum Gasteiger partial charge on any atom is 0.250 e. The second-order valence-electron chi connectivity index (χ2n) is 15.4. The fourth-order valence-electron chi connectivity index (χ4n) is 8.75. The predicted molar refractivity (Wildman–Crippen MR) is 201 cm³/mol. The zero-order valence-corrected chi connectivity index (χ0v) is 30.9. The Morgan fingerprint density at radius 3 is 2.61 bits per heavy atom. The molecule has 2 amide bonds. The fraction of sp³-hybridized carbons (Fsp3) is 0.317. The smallest absolute Gasteiger partial charge is 0.250 e. The van der Waals surface area contributed by atoms with Gasteiger partial charge in [-0.25, -0.2) is 4.98 Å². The third-order valence-corrected chi connectivity index (χ3v) is 11.7. The van der Waals surface area contributed by atoms with Gasteiger partial charge in [-0.05, 0) is 42.0 Å². The summed E-state index contributed by atoms with van der Waals surface area (Å²) in [6.45, 7) is 9.38. The molecule has 0 saturated heterocycles. The molecule has 0 fully saturated rings. The molecule has 4 aliphatic rings. The van der Waals surface area contributed by atoms with Crippen molar-refractivity contribution in [2.45, 2.75) is 70.9 Å². The molecule has 3 aromatic carbocycles. The van der Waals surface area contributed by atoms with Gasteiger partial charge in [-0.3, -0.25) is 9.59 Å². The van der Waals surface area contributed by atoms with Crippen LogP contribution in [-0.2, 0) is 21.4 Å². The van der Waals surface area contributed by atoms with Crippen molar-refractivity contribution in [2.24, 2.45) is 11.8 Å². The summed E-state index contributed by atoms with van der Waals surface area (Å²) in [7, 11) is 0. The van der Waals surface area contributed by atoms with E-state index in [4.69, 9.17) is 35.1 Å². The summed E-state index contributed by atoms with van der Waals surface area (Å²) in [6.07, 6.45) is -1.82. The number of aryl methyl sites for hydroxylation is 1. The number of hydrogen-bond donors (Lipinski definition) is 5. The van der Waals surface area contributed by atoms with E-state index in [1.165, 1.54) is 0 Å². The van der Waals surface area contributed by atoms with E-state index in [1.54, 1.807) is 13.8 Å². The molecular formula is C41H37ClN6O6. The lowest BCUT2D eigenvalue weighted by atomic mass is 9.72. The Morgan fingerprint density at radius 1 is 1.02 bits per heavy atom. The molecule has 10 bridgehead atoms. The standard InChI is InChI=1S/C41H37ClN6O6/c1-16(2)29-38-46-31-34(54-38)41-22-10-6-9-21(20-8-7-11-24-28(20)27(18(5)43-24)33-35(42)48-39(31)53-33)30(22)47-40(41)52-26-13-12-19(14-23(26)41)15-25(36(50)45-29)44-37(51)32(49)17(3)4/h6-14,16-17,25,29,32,40,43,47,49H,15H2,1-5H3,(H,44,51)(H,45,50)/t25-,29?,32-,40?,41?/m0/s1. The first kappa shape index (κ1) is 33.0. The Balaban J connectivity index is 1.30. The highest BCUT2D eigenvalue weighted by Gasteiger charge is 2.61. The van der Waals surface area contributed by atoms with Gasteiger partial charge in [-0.15, -0.1) is 0 Å². The molecular weight excluding hydrogens is 708 g/mol. The molecule has 3 aromatic heterocycles. The summed E-state index contributed by atoms with van der Waals surface area (Å²) in [5, 5.41) is 21.5. The average molecular weight is 745 g/mol. The molecule has 6 aromatic rings. The van der Waals surface area contributed by atoms with Crippen molar-refractivity contribution >= 4 is 40.0 Å². The molecule has 5 N–H and O–H groups in total. The van der Waals surface area contributed by atoms with Crippen molar-refractivity contribution in [1.82, 2.24) is 25.6 Å². The quantitative estimate of drug-likeness (QED) is 0.131. The number of aromatic nitrogens is 3. The van der Waals surface area contributed by atoms with E-state index in [2.05, 4.69) is 39.1 Å². The van der Waals surface area contributed by atoms with Crippen LogP contribution in [0.25, 0.3) is 44.9 Å². The number of carbonyl (C=O) groups is 2. The fourth-order valence-corrected chi connectivity index (χ4v) is 8.96. The van der Waals surface area contributed by atoms with Crippen molar-refractivity contribution in [3.05, 3.63) is 93.8 Å². The van der Waals surface area contributed by atoms with Crippen LogP contribution in [0.15, 0.2) is 63.4 Å². The lowest BCUT2D eigenvalue weighted by Crippen LogP contribution is -2.52. The highest BCUT2D eigenvalue weighted by molar-refractivity contribution is 6.32. The summed E-state index contributed by atoms with van der Waals surface area (Å²) in [6, 6.07) is 16.4. The molecule has 0 radical (unpaired) electrons. The van der Waals surface area contributed by atoms with Crippen LogP contribution in [0.5, 0.6) is 5.75 Å². The summed E-state index contributed by atoms with van der Waals surface area (Å²) < 4.78 is 20.5. The van der Waals surface area contributed by atoms with Gasteiger partial charge < -0.3 is 39.6 Å². The largest absolute Gasteiger partial charge is 0.469 e. The maximum absolute atomic E-state index is 14.2. The van der Waals surface area contributed by atoms with Crippen LogP contribution >= 0.6 is 11.6 Å². The van der Waals surface area contributed by atoms with Crippen LogP contribution < -0.4 is 20.7 Å². The van der Waals surface area contributed by atoms with E-state index >= 15 is 0 Å². The van der Waals surface area contributed by atoms with Crippen LogP contribution in [0.3, 0.4) is 0 Å². The molecule has 10 rings (SSSR count). The van der Waals surface area contributed by atoms with Gasteiger partial charge in [0.15, 0.2) is 28.6 Å². The monoisotopic (exact) mass is 744 g/mol. The third kappa shape index (κ3) is 4.40. The molecule has 12 nitrogen and oxygen atoms in total. The van der Waals surface area contributed by atoms with E-state index in [0.29, 0.717) is 23.0 Å². The normalized spacial score (nSPS) is 22.2. The van der Waals surface area contributed by atoms with Crippen molar-refractivity contribution in [3.8, 4) is 39.8 Å². The number of benzene rings is 3. The number of aliphatic hydroxyl groups is 1. The number of para-hydroxylation sites is 1. The topological polar surface area (TPSA) is 168 Å². The first-order chi connectivity index (χ1) is 25.9. The number of fused-ring (bicyclic) bond motifs is 7. The Labute approximate surface area is 314 Å². The number of H-pyrrole nitrogens is 1. The molecule has 3 unspecified atom stereocenters. The maximum atomic E-state index is 14.2. The second kappa shape index (κ2) is 11.5. The van der Waals surface area contributed by atoms with E-state index in [9.17, 15) is 14.7 Å². The SMILES string of the molecule is Cc1[nH]c2cccc3c2c1-c1oc(nc1Cl)-c1nc2oc1C14c5cc(ccc5OC1Nc1c-3cccc14)C[C@H](NC(=O)[C@@H](O)C(C)C)C(=O)NC2C(C)C. The third-order valence-electron chi connectivity index (χ3n) is 11.4. The minimum Gasteiger partial charge on any atom is -0.469 e. The van der Waals surface area contributed by atoms with Gasteiger partial charge in [0.2, 0.25) is 17.7 Å². The van der Waals surface area contributed by atoms with Crippen molar-refractivity contribution in [2.75, 3.05) is 5.32 Å². The number of ether oxygens (including phenoxy) is 1. The molecule has 274 valence electrons. The second-order valence-corrected chi connectivity index (χ2v) is 15.8. The highest BCUT2D eigenvalue weighted by atomic mass is 35.5. The zero-order chi connectivity index (χ0) is 37.4. The van der Waals surface area contributed by atoms with Crippen LogP contribution in [0, 0.1) is 18.8 Å². The molecule has 0 aliphatic carbocycles. The van der Waals surface area contributed by atoms with Gasteiger partial charge in [0.1, 0.15) is 29.4 Å². The molecule has 7 heterocycles. The Bertz CT molecular complexity index is 2590. The molecule has 1 spiro atoms. The number of rotatable bonds is 4. The summed E-state index contributed by atoms with van der Waals surface area (Å²) in [4.78, 5) is 40.9. The number of nitrogens with zero attached hydrogens (tertiary/aromatic N) is 2. The Kier molecular flexibility index (Phi) is 7.00. The number of oxazole rings is 2.